The first-order valence-corrected chi connectivity index (χ1v) is 9.28. The number of rotatable bonds is 6. The van der Waals surface area contributed by atoms with Crippen molar-refractivity contribution in [3.8, 4) is 11.5 Å². The van der Waals surface area contributed by atoms with Crippen molar-refractivity contribution in [2.45, 2.75) is 13.5 Å². The number of thiocarbonyl (C=S) groups is 1. The Morgan fingerprint density at radius 2 is 1.75 bits per heavy atom. The maximum atomic E-state index is 12.0. The fourth-order valence-electron chi connectivity index (χ4n) is 2.58. The molecule has 0 spiro atoms. The van der Waals surface area contributed by atoms with Gasteiger partial charge in [0.15, 0.2) is 16.6 Å². The van der Waals surface area contributed by atoms with E-state index < -0.39 is 11.8 Å². The van der Waals surface area contributed by atoms with Gasteiger partial charge in [0.25, 0.3) is 11.8 Å². The Kier molecular flexibility index (Phi) is 6.28. The summed E-state index contributed by atoms with van der Waals surface area (Å²) in [6.07, 6.45) is 1.42. The second kappa shape index (κ2) is 8.86. The fourth-order valence-corrected chi connectivity index (χ4v) is 3.04. The lowest BCUT2D eigenvalue weighted by Gasteiger charge is -2.17. The second-order valence-corrected chi connectivity index (χ2v) is 6.65. The van der Waals surface area contributed by atoms with Crippen molar-refractivity contribution in [2.75, 3.05) is 6.61 Å². The third-order valence-corrected chi connectivity index (χ3v) is 4.30. The molecule has 8 heteroatoms. The number of ether oxygens (including phenoxy) is 2. The molecule has 2 N–H and O–H groups in total. The number of hydrogen-bond donors (Lipinski definition) is 2. The highest BCUT2D eigenvalue weighted by Gasteiger charge is 2.26. The van der Waals surface area contributed by atoms with Gasteiger partial charge in [0.05, 0.1) is 11.6 Å². The van der Waals surface area contributed by atoms with Gasteiger partial charge in [-0.2, -0.15) is 0 Å². The standard InChI is InChI=1S/C20H17ClN2O4S/c1-2-26-16-10-13(8-14-18(24)22-20(28)23-19(14)25)9-15(21)17(16)27-11-12-6-4-3-5-7-12/h3-10H,2,11H2,1H3,(H2,22,23,24,25,28). The van der Waals surface area contributed by atoms with Crippen LogP contribution in [0.5, 0.6) is 11.5 Å². The molecule has 0 unspecified atom stereocenters. The summed E-state index contributed by atoms with van der Waals surface area (Å²) in [6.45, 7) is 2.56. The van der Waals surface area contributed by atoms with Crippen molar-refractivity contribution >= 4 is 46.8 Å². The van der Waals surface area contributed by atoms with E-state index in [0.29, 0.717) is 35.3 Å². The third-order valence-electron chi connectivity index (χ3n) is 3.81. The van der Waals surface area contributed by atoms with Crippen molar-refractivity contribution in [2.24, 2.45) is 0 Å². The van der Waals surface area contributed by atoms with E-state index in [1.54, 1.807) is 12.1 Å². The Hall–Kier alpha value is -2.90. The summed E-state index contributed by atoms with van der Waals surface area (Å²) >= 11 is 11.2. The van der Waals surface area contributed by atoms with E-state index in [0.717, 1.165) is 5.56 Å². The van der Waals surface area contributed by atoms with Gasteiger partial charge in [-0.25, -0.2) is 0 Å². The summed E-state index contributed by atoms with van der Waals surface area (Å²) < 4.78 is 11.5. The third kappa shape index (κ3) is 4.68. The van der Waals surface area contributed by atoms with Crippen LogP contribution in [0.2, 0.25) is 5.02 Å². The molecule has 1 saturated heterocycles. The number of carbonyl (C=O) groups excluding carboxylic acids is 2. The van der Waals surface area contributed by atoms with Gasteiger partial charge in [-0.3, -0.25) is 20.2 Å². The molecule has 1 heterocycles. The topological polar surface area (TPSA) is 76.7 Å². The van der Waals surface area contributed by atoms with Crippen molar-refractivity contribution in [3.05, 3.63) is 64.2 Å². The number of nitrogens with one attached hydrogen (secondary N) is 2. The van der Waals surface area contributed by atoms with E-state index in [1.165, 1.54) is 6.08 Å². The number of carbonyl (C=O) groups is 2. The maximum Gasteiger partial charge on any atom is 0.263 e. The molecule has 0 atom stereocenters. The summed E-state index contributed by atoms with van der Waals surface area (Å²) in [5.41, 5.74) is 1.43. The first-order valence-electron chi connectivity index (χ1n) is 8.49. The van der Waals surface area contributed by atoms with Gasteiger partial charge in [0, 0.05) is 0 Å². The van der Waals surface area contributed by atoms with Crippen LogP contribution in [0, 0.1) is 0 Å². The number of benzene rings is 2. The van der Waals surface area contributed by atoms with Crippen molar-refractivity contribution in [1.82, 2.24) is 10.6 Å². The average molecular weight is 417 g/mol. The highest BCUT2D eigenvalue weighted by molar-refractivity contribution is 7.80. The molecular formula is C20H17ClN2O4S. The van der Waals surface area contributed by atoms with E-state index in [1.807, 2.05) is 37.3 Å². The molecule has 144 valence electrons. The van der Waals surface area contributed by atoms with E-state index >= 15 is 0 Å². The quantitative estimate of drug-likeness (QED) is 0.429. The fraction of sp³-hybridized carbons (Fsp3) is 0.150. The van der Waals surface area contributed by atoms with E-state index in [-0.39, 0.29) is 10.7 Å². The highest BCUT2D eigenvalue weighted by Crippen LogP contribution is 2.38. The molecule has 3 rings (SSSR count). The molecule has 1 aliphatic rings. The smallest absolute Gasteiger partial charge is 0.263 e. The van der Waals surface area contributed by atoms with Crippen LogP contribution in [0.15, 0.2) is 48.0 Å². The van der Waals surface area contributed by atoms with Crippen LogP contribution in [-0.2, 0) is 16.2 Å². The predicted octanol–water partition coefficient (Wildman–Crippen LogP) is 3.23. The van der Waals surface area contributed by atoms with Crippen LogP contribution >= 0.6 is 23.8 Å². The lowest BCUT2D eigenvalue weighted by Crippen LogP contribution is -2.51. The SMILES string of the molecule is CCOc1cc(C=C2C(=O)NC(=S)NC2=O)cc(Cl)c1OCc1ccccc1. The molecule has 0 aromatic heterocycles. The molecule has 2 amide bonds. The molecule has 6 nitrogen and oxygen atoms in total. The van der Waals surface area contributed by atoms with Gasteiger partial charge in [0.2, 0.25) is 0 Å². The Bertz CT molecular complexity index is 938. The van der Waals surface area contributed by atoms with Gasteiger partial charge in [-0.05, 0) is 48.5 Å². The Balaban J connectivity index is 1.90. The molecule has 1 fully saturated rings. The van der Waals surface area contributed by atoms with Crippen LogP contribution in [-0.4, -0.2) is 23.5 Å². The van der Waals surface area contributed by atoms with Crippen LogP contribution in [0.3, 0.4) is 0 Å². The minimum atomic E-state index is -0.577. The van der Waals surface area contributed by atoms with E-state index in [9.17, 15) is 9.59 Å². The Morgan fingerprint density at radius 1 is 1.07 bits per heavy atom. The maximum absolute atomic E-state index is 12.0. The van der Waals surface area contributed by atoms with Gasteiger partial charge in [-0.1, -0.05) is 41.9 Å². The minimum absolute atomic E-state index is 0.0233. The van der Waals surface area contributed by atoms with Gasteiger partial charge >= 0.3 is 0 Å². The van der Waals surface area contributed by atoms with Crippen LogP contribution in [0.4, 0.5) is 0 Å². The van der Waals surface area contributed by atoms with E-state index in [2.05, 4.69) is 10.6 Å². The molecule has 0 saturated carbocycles. The zero-order valence-corrected chi connectivity index (χ0v) is 16.5. The molecule has 2 aromatic carbocycles. The van der Waals surface area contributed by atoms with Gasteiger partial charge < -0.3 is 9.47 Å². The Labute approximate surface area is 172 Å². The van der Waals surface area contributed by atoms with Crippen LogP contribution in [0.25, 0.3) is 6.08 Å². The molecule has 28 heavy (non-hydrogen) atoms. The number of hydrogen-bond acceptors (Lipinski definition) is 5. The summed E-state index contributed by atoms with van der Waals surface area (Å²) in [4.78, 5) is 24.0. The molecule has 0 bridgehead atoms. The molecule has 0 radical (unpaired) electrons. The van der Waals surface area contributed by atoms with Crippen molar-refractivity contribution in [1.29, 1.82) is 0 Å². The normalized spacial score (nSPS) is 13.6. The summed E-state index contributed by atoms with van der Waals surface area (Å²) in [5.74, 6) is -0.336. The van der Waals surface area contributed by atoms with Gasteiger partial charge in [0.1, 0.15) is 12.2 Å². The molecule has 1 aliphatic heterocycles. The lowest BCUT2D eigenvalue weighted by molar-refractivity contribution is -0.123. The first kappa shape index (κ1) is 19.9. The largest absolute Gasteiger partial charge is 0.490 e. The zero-order valence-electron chi connectivity index (χ0n) is 15.0. The first-order chi connectivity index (χ1) is 13.5. The molecular weight excluding hydrogens is 400 g/mol. The highest BCUT2D eigenvalue weighted by atomic mass is 35.5. The van der Waals surface area contributed by atoms with Crippen LogP contribution in [0.1, 0.15) is 18.1 Å². The monoisotopic (exact) mass is 416 g/mol. The minimum Gasteiger partial charge on any atom is -0.490 e. The summed E-state index contributed by atoms with van der Waals surface area (Å²) in [7, 11) is 0. The molecule has 0 aliphatic carbocycles. The number of halogens is 1. The van der Waals surface area contributed by atoms with E-state index in [4.69, 9.17) is 33.3 Å². The lowest BCUT2D eigenvalue weighted by atomic mass is 10.1. The predicted molar refractivity (Wildman–Crippen MR) is 110 cm³/mol. The van der Waals surface area contributed by atoms with Crippen molar-refractivity contribution < 1.29 is 19.1 Å². The van der Waals surface area contributed by atoms with Gasteiger partial charge in [-0.15, -0.1) is 0 Å². The van der Waals surface area contributed by atoms with Crippen LogP contribution < -0.4 is 20.1 Å². The second-order valence-electron chi connectivity index (χ2n) is 5.83. The van der Waals surface area contributed by atoms with Crippen molar-refractivity contribution in [3.63, 3.8) is 0 Å². The Morgan fingerprint density at radius 3 is 2.39 bits per heavy atom. The average Bonchev–Trinajstić information content (AvgIpc) is 2.65. The summed E-state index contributed by atoms with van der Waals surface area (Å²) in [5, 5.41) is 5.06. The zero-order chi connectivity index (χ0) is 20.1. The summed E-state index contributed by atoms with van der Waals surface area (Å²) in [6, 6.07) is 12.9. The molecule has 2 aromatic rings. The number of amides is 2.